The molecule has 0 aliphatic heterocycles. The molecule has 0 saturated carbocycles. The lowest BCUT2D eigenvalue weighted by atomic mass is 9.91. The van der Waals surface area contributed by atoms with Gasteiger partial charge in [-0.1, -0.05) is 54.6 Å². The number of rotatable bonds is 2. The maximum atomic E-state index is 5.66. The summed E-state index contributed by atoms with van der Waals surface area (Å²) in [4.78, 5) is 0. The molecule has 0 fully saturated rings. The van der Waals surface area contributed by atoms with Crippen LogP contribution in [-0.2, 0) is 11.2 Å². The lowest BCUT2D eigenvalue weighted by molar-refractivity contribution is 0.0988. The van der Waals surface area contributed by atoms with E-state index in [-0.39, 0.29) is 6.10 Å². The molecule has 1 heteroatoms. The van der Waals surface area contributed by atoms with E-state index in [1.165, 1.54) is 16.7 Å². The van der Waals surface area contributed by atoms with Gasteiger partial charge < -0.3 is 4.74 Å². The molecule has 0 saturated heterocycles. The average Bonchev–Trinajstić information content (AvgIpc) is 2.78. The maximum absolute atomic E-state index is 5.66. The number of hydrogen-bond donors (Lipinski definition) is 0. The topological polar surface area (TPSA) is 9.23 Å². The van der Waals surface area contributed by atoms with Gasteiger partial charge in [0, 0.05) is 13.0 Å². The van der Waals surface area contributed by atoms with Gasteiger partial charge in [0.15, 0.2) is 0 Å². The molecule has 0 aromatic heterocycles. The minimum absolute atomic E-state index is 0.273. The first-order valence-corrected chi connectivity index (χ1v) is 6.05. The third kappa shape index (κ3) is 1.77. The van der Waals surface area contributed by atoms with Gasteiger partial charge in [0.1, 0.15) is 0 Å². The van der Waals surface area contributed by atoms with E-state index in [2.05, 4.69) is 54.6 Å². The van der Waals surface area contributed by atoms with Crippen LogP contribution in [0.3, 0.4) is 0 Å². The second-order valence-electron chi connectivity index (χ2n) is 4.57. The maximum Gasteiger partial charge on any atom is 0.0720 e. The largest absolute Gasteiger partial charge is 0.380 e. The molecule has 86 valence electrons. The van der Waals surface area contributed by atoms with Crippen LogP contribution >= 0.6 is 0 Å². The van der Waals surface area contributed by atoms with Gasteiger partial charge in [0.05, 0.1) is 6.10 Å². The summed E-state index contributed by atoms with van der Waals surface area (Å²) in [5.41, 5.74) is 4.20. The normalized spacial score (nSPS) is 22.4. The zero-order valence-corrected chi connectivity index (χ0v) is 9.97. The smallest absolute Gasteiger partial charge is 0.0720 e. The lowest BCUT2D eigenvalue weighted by Gasteiger charge is -2.19. The zero-order valence-electron chi connectivity index (χ0n) is 9.97. The van der Waals surface area contributed by atoms with E-state index in [1.807, 2.05) is 7.11 Å². The first-order chi connectivity index (χ1) is 8.40. The molecule has 0 radical (unpaired) electrons. The van der Waals surface area contributed by atoms with Crippen LogP contribution in [0.25, 0.3) is 0 Å². The molecular weight excluding hydrogens is 208 g/mol. The Morgan fingerprint density at radius 3 is 2.41 bits per heavy atom. The van der Waals surface area contributed by atoms with Crippen LogP contribution in [0.5, 0.6) is 0 Å². The van der Waals surface area contributed by atoms with E-state index in [0.717, 1.165) is 6.42 Å². The van der Waals surface area contributed by atoms with E-state index in [0.29, 0.717) is 5.92 Å². The van der Waals surface area contributed by atoms with Gasteiger partial charge >= 0.3 is 0 Å². The summed E-state index contributed by atoms with van der Waals surface area (Å²) in [5.74, 6) is 0.386. The lowest BCUT2D eigenvalue weighted by Crippen LogP contribution is -2.17. The van der Waals surface area contributed by atoms with Crippen LogP contribution in [0.1, 0.15) is 22.6 Å². The second-order valence-corrected chi connectivity index (χ2v) is 4.57. The minimum Gasteiger partial charge on any atom is -0.380 e. The van der Waals surface area contributed by atoms with Crippen LogP contribution in [0.2, 0.25) is 0 Å². The van der Waals surface area contributed by atoms with Crippen molar-refractivity contribution in [2.45, 2.75) is 18.4 Å². The molecule has 17 heavy (non-hydrogen) atoms. The van der Waals surface area contributed by atoms with Crippen LogP contribution in [0.15, 0.2) is 54.6 Å². The summed E-state index contributed by atoms with van der Waals surface area (Å²) < 4.78 is 5.66. The van der Waals surface area contributed by atoms with E-state index >= 15 is 0 Å². The van der Waals surface area contributed by atoms with E-state index in [9.17, 15) is 0 Å². The molecule has 0 heterocycles. The highest BCUT2D eigenvalue weighted by molar-refractivity contribution is 5.44. The van der Waals surface area contributed by atoms with E-state index < -0.39 is 0 Å². The highest BCUT2D eigenvalue weighted by atomic mass is 16.5. The van der Waals surface area contributed by atoms with Crippen molar-refractivity contribution in [3.8, 4) is 0 Å². The first kappa shape index (κ1) is 10.5. The van der Waals surface area contributed by atoms with Crippen molar-refractivity contribution in [1.29, 1.82) is 0 Å². The number of methoxy groups -OCH3 is 1. The summed E-state index contributed by atoms with van der Waals surface area (Å²) in [7, 11) is 1.81. The van der Waals surface area contributed by atoms with Crippen molar-refractivity contribution >= 4 is 0 Å². The molecule has 0 N–H and O–H groups in total. The van der Waals surface area contributed by atoms with Crippen molar-refractivity contribution in [3.05, 3.63) is 71.3 Å². The van der Waals surface area contributed by atoms with E-state index in [1.54, 1.807) is 0 Å². The predicted octanol–water partition coefficient (Wildman–Crippen LogP) is 3.39. The molecule has 0 unspecified atom stereocenters. The Bertz CT molecular complexity index is 504. The Hall–Kier alpha value is -1.60. The van der Waals surface area contributed by atoms with Gasteiger partial charge in [-0.2, -0.15) is 0 Å². The molecule has 2 aromatic rings. The van der Waals surface area contributed by atoms with Crippen LogP contribution < -0.4 is 0 Å². The van der Waals surface area contributed by atoms with Gasteiger partial charge in [0.25, 0.3) is 0 Å². The summed E-state index contributed by atoms with van der Waals surface area (Å²) in [6.45, 7) is 0. The highest BCUT2D eigenvalue weighted by Gasteiger charge is 2.33. The summed E-state index contributed by atoms with van der Waals surface area (Å²) >= 11 is 0. The quantitative estimate of drug-likeness (QED) is 0.759. The zero-order chi connectivity index (χ0) is 11.7. The van der Waals surface area contributed by atoms with Crippen molar-refractivity contribution in [2.24, 2.45) is 0 Å². The average molecular weight is 224 g/mol. The third-order valence-electron chi connectivity index (χ3n) is 3.64. The summed E-state index contributed by atoms with van der Waals surface area (Å²) in [6.07, 6.45) is 1.29. The molecule has 1 aliphatic carbocycles. The second kappa shape index (κ2) is 4.34. The molecule has 0 bridgehead atoms. The standard InChI is InChI=1S/C16H16O/c1-17-15-11-13-9-5-6-10-14(13)16(15)12-7-3-2-4-8-12/h2-10,15-16H,11H2,1H3/t15-,16+/m0/s1. The van der Waals surface area contributed by atoms with Crippen molar-refractivity contribution in [2.75, 3.05) is 7.11 Å². The molecule has 1 aliphatic rings. The highest BCUT2D eigenvalue weighted by Crippen LogP contribution is 2.39. The van der Waals surface area contributed by atoms with E-state index in [4.69, 9.17) is 4.74 Å². The Balaban J connectivity index is 2.08. The van der Waals surface area contributed by atoms with Gasteiger partial charge in [-0.15, -0.1) is 0 Å². The Morgan fingerprint density at radius 2 is 1.65 bits per heavy atom. The Morgan fingerprint density at radius 1 is 0.941 bits per heavy atom. The van der Waals surface area contributed by atoms with Gasteiger partial charge in [-0.3, -0.25) is 0 Å². The van der Waals surface area contributed by atoms with Crippen molar-refractivity contribution in [1.82, 2.24) is 0 Å². The van der Waals surface area contributed by atoms with Gasteiger partial charge in [-0.05, 0) is 23.1 Å². The van der Waals surface area contributed by atoms with Crippen LogP contribution in [0.4, 0.5) is 0 Å². The molecular formula is C16H16O. The molecule has 0 amide bonds. The van der Waals surface area contributed by atoms with Gasteiger partial charge in [-0.25, -0.2) is 0 Å². The monoisotopic (exact) mass is 224 g/mol. The van der Waals surface area contributed by atoms with Gasteiger partial charge in [0.2, 0.25) is 0 Å². The fourth-order valence-corrected chi connectivity index (χ4v) is 2.83. The molecule has 2 atom stereocenters. The predicted molar refractivity (Wildman–Crippen MR) is 69.2 cm³/mol. The van der Waals surface area contributed by atoms with Crippen LogP contribution in [0, 0.1) is 0 Å². The SMILES string of the molecule is CO[C@H]1Cc2ccccc2[C@H]1c1ccccc1. The fraction of sp³-hybridized carbons (Fsp3) is 0.250. The summed E-state index contributed by atoms with van der Waals surface area (Å²) in [5, 5.41) is 0. The van der Waals surface area contributed by atoms with Crippen molar-refractivity contribution < 1.29 is 4.74 Å². The number of benzene rings is 2. The Kier molecular flexibility index (Phi) is 2.69. The number of hydrogen-bond acceptors (Lipinski definition) is 1. The van der Waals surface area contributed by atoms with Crippen LogP contribution in [-0.4, -0.2) is 13.2 Å². The number of fused-ring (bicyclic) bond motifs is 1. The third-order valence-corrected chi connectivity index (χ3v) is 3.64. The fourth-order valence-electron chi connectivity index (χ4n) is 2.83. The first-order valence-electron chi connectivity index (χ1n) is 6.05. The molecule has 2 aromatic carbocycles. The molecule has 1 nitrogen and oxygen atoms in total. The Labute approximate surface area is 102 Å². The molecule has 3 rings (SSSR count). The molecule has 0 spiro atoms. The van der Waals surface area contributed by atoms with Crippen molar-refractivity contribution in [3.63, 3.8) is 0 Å². The minimum atomic E-state index is 0.273. The number of ether oxygens (including phenoxy) is 1. The summed E-state index contributed by atoms with van der Waals surface area (Å²) in [6, 6.07) is 19.3.